The Morgan fingerprint density at radius 1 is 1.32 bits per heavy atom. The van der Waals surface area contributed by atoms with E-state index in [1.165, 1.54) is 18.2 Å². The number of carbonyl (C=O) groups excluding carboxylic acids is 2. The zero-order valence-electron chi connectivity index (χ0n) is 11.6. The fourth-order valence-electron chi connectivity index (χ4n) is 1.68. The zero-order valence-corrected chi connectivity index (χ0v) is 11.6. The first kappa shape index (κ1) is 15.2. The van der Waals surface area contributed by atoms with Gasteiger partial charge in [0, 0.05) is 7.05 Å². The SMILES string of the molecule is CNC(=O)NC(=O)C(C)NCCc1cccc(C)c1. The molecule has 0 bridgehead atoms. The third kappa shape index (κ3) is 5.52. The number of rotatable bonds is 5. The molecule has 0 spiro atoms. The van der Waals surface area contributed by atoms with Crippen LogP contribution in [0.4, 0.5) is 4.79 Å². The van der Waals surface area contributed by atoms with E-state index in [0.717, 1.165) is 6.42 Å². The Kier molecular flexibility index (Phi) is 6.02. The van der Waals surface area contributed by atoms with Crippen molar-refractivity contribution < 1.29 is 9.59 Å². The van der Waals surface area contributed by atoms with Crippen LogP contribution in [0.5, 0.6) is 0 Å². The van der Waals surface area contributed by atoms with Crippen LogP contribution in [0.25, 0.3) is 0 Å². The van der Waals surface area contributed by atoms with Crippen LogP contribution < -0.4 is 16.0 Å². The van der Waals surface area contributed by atoms with E-state index in [1.54, 1.807) is 6.92 Å². The van der Waals surface area contributed by atoms with Crippen LogP contribution >= 0.6 is 0 Å². The lowest BCUT2D eigenvalue weighted by molar-refractivity contribution is -0.121. The molecule has 0 aliphatic rings. The van der Waals surface area contributed by atoms with Gasteiger partial charge in [-0.1, -0.05) is 29.8 Å². The first-order valence-electron chi connectivity index (χ1n) is 6.34. The molecule has 1 atom stereocenters. The average molecular weight is 263 g/mol. The van der Waals surface area contributed by atoms with Crippen LogP contribution in [0.3, 0.4) is 0 Å². The van der Waals surface area contributed by atoms with Crippen molar-refractivity contribution in [3.8, 4) is 0 Å². The van der Waals surface area contributed by atoms with Gasteiger partial charge >= 0.3 is 6.03 Å². The number of amides is 3. The second-order valence-corrected chi connectivity index (χ2v) is 4.48. The van der Waals surface area contributed by atoms with Crippen molar-refractivity contribution in [3.63, 3.8) is 0 Å². The highest BCUT2D eigenvalue weighted by Gasteiger charge is 2.13. The Morgan fingerprint density at radius 3 is 2.68 bits per heavy atom. The lowest BCUT2D eigenvalue weighted by Gasteiger charge is -2.13. The molecule has 1 aromatic rings. The minimum atomic E-state index is -0.489. The van der Waals surface area contributed by atoms with E-state index in [1.807, 2.05) is 6.07 Å². The maximum atomic E-state index is 11.6. The van der Waals surface area contributed by atoms with Crippen LogP contribution in [-0.2, 0) is 11.2 Å². The molecule has 19 heavy (non-hydrogen) atoms. The summed E-state index contributed by atoms with van der Waals surface area (Å²) in [6.45, 7) is 4.47. The monoisotopic (exact) mass is 263 g/mol. The van der Waals surface area contributed by atoms with Crippen molar-refractivity contribution in [3.05, 3.63) is 35.4 Å². The Bertz CT molecular complexity index is 446. The summed E-state index contributed by atoms with van der Waals surface area (Å²) in [5, 5.41) is 7.66. The minimum absolute atomic E-state index is 0.330. The third-order valence-corrected chi connectivity index (χ3v) is 2.80. The molecule has 1 rings (SSSR count). The molecule has 0 aromatic heterocycles. The molecule has 0 aliphatic heterocycles. The number of imide groups is 1. The molecule has 3 N–H and O–H groups in total. The number of carbonyl (C=O) groups is 2. The standard InChI is InChI=1S/C14H21N3O2/c1-10-5-4-6-12(9-10)7-8-16-11(2)13(18)17-14(19)15-3/h4-6,9,11,16H,7-8H2,1-3H3,(H2,15,17,18,19). The van der Waals surface area contributed by atoms with Gasteiger partial charge in [-0.2, -0.15) is 0 Å². The number of benzene rings is 1. The van der Waals surface area contributed by atoms with Crippen LogP contribution in [0.2, 0.25) is 0 Å². The second kappa shape index (κ2) is 7.53. The van der Waals surface area contributed by atoms with Crippen molar-refractivity contribution in [1.82, 2.24) is 16.0 Å². The Hall–Kier alpha value is -1.88. The van der Waals surface area contributed by atoms with Crippen molar-refractivity contribution in [2.45, 2.75) is 26.3 Å². The smallest absolute Gasteiger partial charge is 0.321 e. The predicted octanol–water partition coefficient (Wildman–Crippen LogP) is 0.971. The van der Waals surface area contributed by atoms with Gasteiger partial charge < -0.3 is 10.6 Å². The third-order valence-electron chi connectivity index (χ3n) is 2.80. The molecule has 3 amide bonds. The van der Waals surface area contributed by atoms with Gasteiger partial charge in [0.2, 0.25) is 5.91 Å². The molecule has 5 nitrogen and oxygen atoms in total. The maximum Gasteiger partial charge on any atom is 0.321 e. The lowest BCUT2D eigenvalue weighted by Crippen LogP contribution is -2.47. The van der Waals surface area contributed by atoms with Crippen molar-refractivity contribution >= 4 is 11.9 Å². The molecule has 0 heterocycles. The minimum Gasteiger partial charge on any atom is -0.341 e. The van der Waals surface area contributed by atoms with Gasteiger partial charge in [-0.05, 0) is 32.4 Å². The summed E-state index contributed by atoms with van der Waals surface area (Å²) >= 11 is 0. The maximum absolute atomic E-state index is 11.6. The van der Waals surface area contributed by atoms with Gasteiger partial charge in [-0.25, -0.2) is 4.79 Å². The fourth-order valence-corrected chi connectivity index (χ4v) is 1.68. The predicted molar refractivity (Wildman–Crippen MR) is 74.9 cm³/mol. The average Bonchev–Trinajstić information content (AvgIpc) is 2.38. The number of aryl methyl sites for hydroxylation is 1. The zero-order chi connectivity index (χ0) is 14.3. The van der Waals surface area contributed by atoms with Crippen molar-refractivity contribution in [2.24, 2.45) is 0 Å². The van der Waals surface area contributed by atoms with E-state index in [4.69, 9.17) is 0 Å². The van der Waals surface area contributed by atoms with E-state index in [0.29, 0.717) is 6.54 Å². The number of urea groups is 1. The quantitative estimate of drug-likeness (QED) is 0.741. The van der Waals surface area contributed by atoms with E-state index >= 15 is 0 Å². The summed E-state index contributed by atoms with van der Waals surface area (Å²) in [5.41, 5.74) is 2.45. The van der Waals surface area contributed by atoms with Crippen LogP contribution in [0.15, 0.2) is 24.3 Å². The summed E-state index contributed by atoms with van der Waals surface area (Å²) in [6, 6.07) is 7.36. The molecule has 0 radical (unpaired) electrons. The summed E-state index contributed by atoms with van der Waals surface area (Å²) in [4.78, 5) is 22.6. The molecule has 1 unspecified atom stereocenters. The normalized spacial score (nSPS) is 11.7. The molecular weight excluding hydrogens is 242 g/mol. The van der Waals surface area contributed by atoms with Gasteiger partial charge in [0.1, 0.15) is 0 Å². The largest absolute Gasteiger partial charge is 0.341 e. The Balaban J connectivity index is 2.32. The molecule has 0 fully saturated rings. The molecule has 1 aromatic carbocycles. The van der Waals surface area contributed by atoms with Crippen LogP contribution in [-0.4, -0.2) is 31.6 Å². The Morgan fingerprint density at radius 2 is 2.05 bits per heavy atom. The second-order valence-electron chi connectivity index (χ2n) is 4.48. The highest BCUT2D eigenvalue weighted by atomic mass is 16.2. The summed E-state index contributed by atoms with van der Waals surface area (Å²) in [5.74, 6) is -0.330. The Labute approximate surface area is 113 Å². The first-order valence-corrected chi connectivity index (χ1v) is 6.34. The molecule has 0 aliphatic carbocycles. The molecule has 0 saturated heterocycles. The molecule has 104 valence electrons. The van der Waals surface area contributed by atoms with E-state index in [2.05, 4.69) is 41.1 Å². The highest BCUT2D eigenvalue weighted by Crippen LogP contribution is 2.04. The van der Waals surface area contributed by atoms with E-state index in [9.17, 15) is 9.59 Å². The van der Waals surface area contributed by atoms with Gasteiger partial charge in [0.05, 0.1) is 6.04 Å². The van der Waals surface area contributed by atoms with Crippen molar-refractivity contribution in [2.75, 3.05) is 13.6 Å². The van der Waals surface area contributed by atoms with Crippen LogP contribution in [0, 0.1) is 6.92 Å². The summed E-state index contributed by atoms with van der Waals surface area (Å²) < 4.78 is 0. The van der Waals surface area contributed by atoms with Crippen molar-refractivity contribution in [1.29, 1.82) is 0 Å². The summed E-state index contributed by atoms with van der Waals surface area (Å²) in [6.07, 6.45) is 0.847. The van der Waals surface area contributed by atoms with E-state index in [-0.39, 0.29) is 5.91 Å². The lowest BCUT2D eigenvalue weighted by atomic mass is 10.1. The topological polar surface area (TPSA) is 70.2 Å². The van der Waals surface area contributed by atoms with Gasteiger partial charge in [-0.15, -0.1) is 0 Å². The first-order chi connectivity index (χ1) is 9.02. The van der Waals surface area contributed by atoms with Gasteiger partial charge in [0.15, 0.2) is 0 Å². The fraction of sp³-hybridized carbons (Fsp3) is 0.429. The van der Waals surface area contributed by atoms with Gasteiger partial charge in [-0.3, -0.25) is 10.1 Å². The van der Waals surface area contributed by atoms with Crippen LogP contribution in [0.1, 0.15) is 18.1 Å². The van der Waals surface area contributed by atoms with E-state index < -0.39 is 12.1 Å². The summed E-state index contributed by atoms with van der Waals surface area (Å²) in [7, 11) is 1.47. The highest BCUT2D eigenvalue weighted by molar-refractivity contribution is 5.96. The van der Waals surface area contributed by atoms with Gasteiger partial charge in [0.25, 0.3) is 0 Å². The molecule has 0 saturated carbocycles. The molecular formula is C14H21N3O2. The number of nitrogens with one attached hydrogen (secondary N) is 3. The molecule has 5 heteroatoms. The number of hydrogen-bond acceptors (Lipinski definition) is 3. The number of hydrogen-bond donors (Lipinski definition) is 3.